The Morgan fingerprint density at radius 3 is 2.71 bits per heavy atom. The van der Waals surface area contributed by atoms with E-state index in [-0.39, 0.29) is 11.8 Å². The van der Waals surface area contributed by atoms with Crippen LogP contribution >= 0.6 is 11.3 Å². The van der Waals surface area contributed by atoms with E-state index in [4.69, 9.17) is 0 Å². The minimum atomic E-state index is -0.0541. The van der Waals surface area contributed by atoms with Gasteiger partial charge in [-0.05, 0) is 24.9 Å². The third-order valence-corrected chi connectivity index (χ3v) is 2.91. The normalized spacial score (nSPS) is 9.94. The van der Waals surface area contributed by atoms with E-state index >= 15 is 0 Å². The summed E-state index contributed by atoms with van der Waals surface area (Å²) in [5.74, 6) is -0.0846. The van der Waals surface area contributed by atoms with Crippen molar-refractivity contribution in [3.63, 3.8) is 0 Å². The van der Waals surface area contributed by atoms with Crippen molar-refractivity contribution in [3.05, 3.63) is 22.4 Å². The lowest BCUT2D eigenvalue weighted by Crippen LogP contribution is -2.34. The molecule has 1 aromatic rings. The van der Waals surface area contributed by atoms with Crippen LogP contribution in [-0.4, -0.2) is 38.5 Å². The smallest absolute Gasteiger partial charge is 0.261 e. The van der Waals surface area contributed by atoms with Gasteiger partial charge in [0, 0.05) is 13.1 Å². The second-order valence-electron chi connectivity index (χ2n) is 3.47. The van der Waals surface area contributed by atoms with Crippen LogP contribution in [0.25, 0.3) is 0 Å². The second kappa shape index (κ2) is 7.81. The third kappa shape index (κ3) is 5.46. The molecule has 0 aliphatic carbocycles. The maximum Gasteiger partial charge on any atom is 0.261 e. The molecular formula is C11H17N3O2S. The van der Waals surface area contributed by atoms with Crippen LogP contribution in [0.1, 0.15) is 16.1 Å². The highest BCUT2D eigenvalue weighted by molar-refractivity contribution is 7.12. The molecule has 0 bridgehead atoms. The fraction of sp³-hybridized carbons (Fsp3) is 0.455. The zero-order chi connectivity index (χ0) is 12.5. The molecule has 0 fully saturated rings. The Bertz CT molecular complexity index is 352. The predicted molar refractivity (Wildman–Crippen MR) is 68.2 cm³/mol. The number of hydrogen-bond acceptors (Lipinski definition) is 4. The van der Waals surface area contributed by atoms with Gasteiger partial charge in [-0.3, -0.25) is 9.59 Å². The molecule has 1 heterocycles. The largest absolute Gasteiger partial charge is 0.355 e. The van der Waals surface area contributed by atoms with E-state index < -0.39 is 0 Å². The Morgan fingerprint density at radius 2 is 2.06 bits per heavy atom. The predicted octanol–water partition coefficient (Wildman–Crippen LogP) is 0.204. The van der Waals surface area contributed by atoms with Crippen molar-refractivity contribution in [3.8, 4) is 0 Å². The van der Waals surface area contributed by atoms with Crippen molar-refractivity contribution in [1.29, 1.82) is 0 Å². The lowest BCUT2D eigenvalue weighted by Gasteiger charge is -2.05. The lowest BCUT2D eigenvalue weighted by molar-refractivity contribution is -0.120. The molecule has 94 valence electrons. The summed E-state index contributed by atoms with van der Waals surface area (Å²) in [5.41, 5.74) is 0. The van der Waals surface area contributed by atoms with Gasteiger partial charge in [-0.15, -0.1) is 11.3 Å². The fourth-order valence-corrected chi connectivity index (χ4v) is 1.88. The maximum absolute atomic E-state index is 11.5. The summed E-state index contributed by atoms with van der Waals surface area (Å²) in [6.45, 7) is 1.46. The molecule has 0 saturated heterocycles. The highest BCUT2D eigenvalue weighted by Crippen LogP contribution is 2.07. The van der Waals surface area contributed by atoms with E-state index in [1.54, 1.807) is 13.1 Å². The van der Waals surface area contributed by atoms with E-state index in [1.165, 1.54) is 11.3 Å². The summed E-state index contributed by atoms with van der Waals surface area (Å²) in [5, 5.41) is 10.2. The Kier molecular flexibility index (Phi) is 6.27. The van der Waals surface area contributed by atoms with E-state index in [0.29, 0.717) is 24.5 Å². The Hall–Kier alpha value is -1.40. The molecule has 17 heavy (non-hydrogen) atoms. The number of amides is 2. The van der Waals surface area contributed by atoms with Crippen molar-refractivity contribution in [2.24, 2.45) is 0 Å². The number of carbonyl (C=O) groups excluding carboxylic acids is 2. The van der Waals surface area contributed by atoms with Gasteiger partial charge >= 0.3 is 0 Å². The molecule has 1 rings (SSSR count). The number of likely N-dealkylation sites (N-methyl/N-ethyl adjacent to an activating group) is 1. The molecule has 3 N–H and O–H groups in total. The monoisotopic (exact) mass is 255 g/mol. The summed E-state index contributed by atoms with van der Waals surface area (Å²) in [4.78, 5) is 23.3. The van der Waals surface area contributed by atoms with Gasteiger partial charge in [-0.2, -0.15) is 0 Å². The zero-order valence-electron chi connectivity index (χ0n) is 9.79. The summed E-state index contributed by atoms with van der Waals surface area (Å²) < 4.78 is 0. The van der Waals surface area contributed by atoms with Gasteiger partial charge in [0.2, 0.25) is 5.91 Å². The van der Waals surface area contributed by atoms with Crippen LogP contribution in [0.5, 0.6) is 0 Å². The second-order valence-corrected chi connectivity index (χ2v) is 4.41. The summed E-state index contributed by atoms with van der Waals surface area (Å²) in [6.07, 6.45) is 0.729. The molecule has 5 nitrogen and oxygen atoms in total. The first-order chi connectivity index (χ1) is 8.24. The van der Waals surface area contributed by atoms with Crippen molar-refractivity contribution in [1.82, 2.24) is 16.0 Å². The Labute approximate surface area is 105 Å². The van der Waals surface area contributed by atoms with Crippen molar-refractivity contribution < 1.29 is 9.59 Å². The van der Waals surface area contributed by atoms with Gasteiger partial charge in [0.25, 0.3) is 5.91 Å². The van der Waals surface area contributed by atoms with E-state index in [1.807, 2.05) is 11.4 Å². The molecule has 0 atom stereocenters. The van der Waals surface area contributed by atoms with Crippen LogP contribution in [0.2, 0.25) is 0 Å². The number of hydrogen-bond donors (Lipinski definition) is 3. The average Bonchev–Trinajstić information content (AvgIpc) is 2.82. The van der Waals surface area contributed by atoms with Gasteiger partial charge in [-0.1, -0.05) is 6.07 Å². The molecule has 1 aromatic heterocycles. The first-order valence-electron chi connectivity index (χ1n) is 5.47. The fourth-order valence-electron chi connectivity index (χ4n) is 1.24. The molecule has 0 saturated carbocycles. The SMILES string of the molecule is CNCC(=O)NCCCNC(=O)c1cccs1. The van der Waals surface area contributed by atoms with Gasteiger partial charge in [-0.25, -0.2) is 0 Å². The molecule has 0 aromatic carbocycles. The first kappa shape index (κ1) is 13.7. The Morgan fingerprint density at radius 1 is 1.29 bits per heavy atom. The van der Waals surface area contributed by atoms with Crippen LogP contribution in [-0.2, 0) is 4.79 Å². The van der Waals surface area contributed by atoms with Gasteiger partial charge in [0.05, 0.1) is 11.4 Å². The van der Waals surface area contributed by atoms with Crippen molar-refractivity contribution in [2.45, 2.75) is 6.42 Å². The summed E-state index contributed by atoms with van der Waals surface area (Å²) >= 11 is 1.42. The summed E-state index contributed by atoms with van der Waals surface area (Å²) in [7, 11) is 1.72. The van der Waals surface area contributed by atoms with Crippen LogP contribution in [0.3, 0.4) is 0 Å². The van der Waals surface area contributed by atoms with Crippen LogP contribution in [0.15, 0.2) is 17.5 Å². The highest BCUT2D eigenvalue weighted by atomic mass is 32.1. The van der Waals surface area contributed by atoms with E-state index in [2.05, 4.69) is 16.0 Å². The van der Waals surface area contributed by atoms with Gasteiger partial charge < -0.3 is 16.0 Å². The van der Waals surface area contributed by atoms with Crippen molar-refractivity contribution >= 4 is 23.2 Å². The summed E-state index contributed by atoms with van der Waals surface area (Å²) in [6, 6.07) is 3.63. The molecule has 0 aliphatic heterocycles. The van der Waals surface area contributed by atoms with Crippen LogP contribution in [0, 0.1) is 0 Å². The maximum atomic E-state index is 11.5. The number of rotatable bonds is 7. The Balaban J connectivity index is 2.05. The molecule has 0 aliphatic rings. The van der Waals surface area contributed by atoms with Gasteiger partial charge in [0.1, 0.15) is 0 Å². The highest BCUT2D eigenvalue weighted by Gasteiger charge is 2.04. The average molecular weight is 255 g/mol. The van der Waals surface area contributed by atoms with Crippen LogP contribution < -0.4 is 16.0 Å². The molecule has 6 heteroatoms. The van der Waals surface area contributed by atoms with E-state index in [9.17, 15) is 9.59 Å². The molecule has 2 amide bonds. The lowest BCUT2D eigenvalue weighted by atomic mass is 10.4. The number of nitrogens with one attached hydrogen (secondary N) is 3. The third-order valence-electron chi connectivity index (χ3n) is 2.04. The molecular weight excluding hydrogens is 238 g/mol. The van der Waals surface area contributed by atoms with Gasteiger partial charge in [0.15, 0.2) is 0 Å². The molecule has 0 spiro atoms. The van der Waals surface area contributed by atoms with Crippen LogP contribution in [0.4, 0.5) is 0 Å². The quantitative estimate of drug-likeness (QED) is 0.610. The molecule has 0 unspecified atom stereocenters. The van der Waals surface area contributed by atoms with Crippen molar-refractivity contribution in [2.75, 3.05) is 26.7 Å². The standard InChI is InChI=1S/C11H17N3O2S/c1-12-8-10(15)13-5-3-6-14-11(16)9-4-2-7-17-9/h2,4,7,12H,3,5-6,8H2,1H3,(H,13,15)(H,14,16). The van der Waals surface area contributed by atoms with E-state index in [0.717, 1.165) is 6.42 Å². The zero-order valence-corrected chi connectivity index (χ0v) is 10.6. The minimum Gasteiger partial charge on any atom is -0.355 e. The first-order valence-corrected chi connectivity index (χ1v) is 6.35. The number of carbonyl (C=O) groups is 2. The molecule has 0 radical (unpaired) electrons. The number of thiophene rings is 1. The topological polar surface area (TPSA) is 70.2 Å². The minimum absolute atomic E-state index is 0.0305.